The summed E-state index contributed by atoms with van der Waals surface area (Å²) >= 11 is 0. The molecule has 6 nitrogen and oxygen atoms in total. The van der Waals surface area contributed by atoms with E-state index in [0.29, 0.717) is 24.3 Å². The van der Waals surface area contributed by atoms with Gasteiger partial charge in [-0.15, -0.1) is 0 Å². The topological polar surface area (TPSA) is 64.7 Å². The van der Waals surface area contributed by atoms with Gasteiger partial charge < -0.3 is 5.32 Å². The lowest BCUT2D eigenvalue weighted by molar-refractivity contribution is 0.0948. The number of halogens is 1. The van der Waals surface area contributed by atoms with Crippen molar-refractivity contribution in [3.8, 4) is 11.4 Å². The van der Waals surface area contributed by atoms with Gasteiger partial charge >= 0.3 is 0 Å². The van der Waals surface area contributed by atoms with E-state index in [1.807, 2.05) is 36.7 Å². The maximum Gasteiger partial charge on any atom is 0.272 e. The molecular formula is C26H26FN5O. The molecule has 0 aliphatic heterocycles. The molecule has 2 heterocycles. The largest absolute Gasteiger partial charge is 0.350 e. The van der Waals surface area contributed by atoms with Crippen molar-refractivity contribution in [3.63, 3.8) is 0 Å². The number of amides is 1. The maximum absolute atomic E-state index is 14.3. The van der Waals surface area contributed by atoms with Crippen LogP contribution >= 0.6 is 0 Å². The summed E-state index contributed by atoms with van der Waals surface area (Å²) in [4.78, 5) is 12.9. The Labute approximate surface area is 192 Å². The number of carbonyl (C=O) groups excluding carboxylic acids is 1. The molecule has 0 spiro atoms. The summed E-state index contributed by atoms with van der Waals surface area (Å²) in [6.07, 6.45) is 3.24. The van der Waals surface area contributed by atoms with Gasteiger partial charge in [0.2, 0.25) is 0 Å². The number of hydrogen-bond donors (Lipinski definition) is 1. The number of benzene rings is 2. The summed E-state index contributed by atoms with van der Waals surface area (Å²) in [6, 6.07) is 16.8. The second-order valence-corrected chi connectivity index (χ2v) is 8.50. The highest BCUT2D eigenvalue weighted by Crippen LogP contribution is 2.28. The monoisotopic (exact) mass is 443 g/mol. The summed E-state index contributed by atoms with van der Waals surface area (Å²) < 4.78 is 17.9. The summed E-state index contributed by atoms with van der Waals surface area (Å²) in [6.45, 7) is 4.52. The fourth-order valence-electron chi connectivity index (χ4n) is 4.54. The Morgan fingerprint density at radius 2 is 1.82 bits per heavy atom. The summed E-state index contributed by atoms with van der Waals surface area (Å²) in [7, 11) is 0. The van der Waals surface area contributed by atoms with E-state index in [4.69, 9.17) is 0 Å². The molecule has 0 saturated heterocycles. The van der Waals surface area contributed by atoms with Crippen LogP contribution in [0, 0.1) is 19.7 Å². The van der Waals surface area contributed by atoms with Crippen LogP contribution in [0.1, 0.15) is 45.1 Å². The molecule has 33 heavy (non-hydrogen) atoms. The number of fused-ring (bicyclic) bond motifs is 1. The Morgan fingerprint density at radius 1 is 1.03 bits per heavy atom. The molecule has 0 atom stereocenters. The Balaban J connectivity index is 1.26. The van der Waals surface area contributed by atoms with E-state index >= 15 is 0 Å². The molecule has 0 fully saturated rings. The third kappa shape index (κ3) is 4.06. The van der Waals surface area contributed by atoms with Crippen LogP contribution in [0.2, 0.25) is 0 Å². The van der Waals surface area contributed by atoms with Crippen molar-refractivity contribution in [3.05, 3.63) is 94.3 Å². The number of aromatic nitrogens is 4. The smallest absolute Gasteiger partial charge is 0.272 e. The van der Waals surface area contributed by atoms with Gasteiger partial charge in [-0.3, -0.25) is 4.79 Å². The lowest BCUT2D eigenvalue weighted by Crippen LogP contribution is -2.27. The van der Waals surface area contributed by atoms with E-state index < -0.39 is 0 Å². The minimum Gasteiger partial charge on any atom is -0.350 e. The van der Waals surface area contributed by atoms with Gasteiger partial charge in [-0.2, -0.15) is 10.2 Å². The third-order valence-electron chi connectivity index (χ3n) is 6.12. The SMILES string of the molecule is Cc1cc(C)n(-c2ccc(CCNC(=O)c3nn(-c4ccccc4F)c4c3CCC4)cc2)n1. The minimum atomic E-state index is -0.342. The van der Waals surface area contributed by atoms with Crippen molar-refractivity contribution in [1.82, 2.24) is 24.9 Å². The molecule has 7 heteroatoms. The van der Waals surface area contributed by atoms with Crippen LogP contribution < -0.4 is 5.32 Å². The molecular weight excluding hydrogens is 417 g/mol. The summed E-state index contributed by atoms with van der Waals surface area (Å²) in [5.74, 6) is -0.548. The first kappa shape index (κ1) is 21.1. The molecule has 1 N–H and O–H groups in total. The highest BCUT2D eigenvalue weighted by molar-refractivity contribution is 5.94. The number of rotatable bonds is 6. The molecule has 0 bridgehead atoms. The molecule has 0 unspecified atom stereocenters. The Bertz CT molecular complexity index is 1320. The van der Waals surface area contributed by atoms with E-state index in [-0.39, 0.29) is 11.7 Å². The predicted molar refractivity (Wildman–Crippen MR) is 125 cm³/mol. The molecule has 0 saturated carbocycles. The fourth-order valence-corrected chi connectivity index (χ4v) is 4.54. The molecule has 1 aliphatic rings. The first-order valence-corrected chi connectivity index (χ1v) is 11.3. The van der Waals surface area contributed by atoms with Gasteiger partial charge in [0.1, 0.15) is 11.5 Å². The number of para-hydroxylation sites is 1. The number of aryl methyl sites for hydroxylation is 2. The van der Waals surface area contributed by atoms with Crippen LogP contribution in [0.25, 0.3) is 11.4 Å². The van der Waals surface area contributed by atoms with Crippen LogP contribution in [0.3, 0.4) is 0 Å². The van der Waals surface area contributed by atoms with Gasteiger partial charge in [-0.25, -0.2) is 13.8 Å². The Kier molecular flexibility index (Phi) is 5.54. The molecule has 1 aliphatic carbocycles. The lowest BCUT2D eigenvalue weighted by atomic mass is 10.1. The van der Waals surface area contributed by atoms with Crippen molar-refractivity contribution in [1.29, 1.82) is 0 Å². The van der Waals surface area contributed by atoms with Crippen LogP contribution in [0.4, 0.5) is 4.39 Å². The van der Waals surface area contributed by atoms with E-state index in [9.17, 15) is 9.18 Å². The number of nitrogens with one attached hydrogen (secondary N) is 1. The second-order valence-electron chi connectivity index (χ2n) is 8.50. The van der Waals surface area contributed by atoms with Gasteiger partial charge in [-0.05, 0) is 75.4 Å². The molecule has 0 radical (unpaired) electrons. The normalized spacial score (nSPS) is 12.7. The average Bonchev–Trinajstić information content (AvgIpc) is 3.50. The zero-order valence-electron chi connectivity index (χ0n) is 18.8. The third-order valence-corrected chi connectivity index (χ3v) is 6.12. The van der Waals surface area contributed by atoms with Gasteiger partial charge in [0.25, 0.3) is 5.91 Å². The first-order chi connectivity index (χ1) is 16.0. The van der Waals surface area contributed by atoms with Crippen molar-refractivity contribution in [2.75, 3.05) is 6.54 Å². The molecule has 4 aromatic rings. The summed E-state index contributed by atoms with van der Waals surface area (Å²) in [5, 5.41) is 12.0. The molecule has 5 rings (SSSR count). The van der Waals surface area contributed by atoms with E-state index in [2.05, 4.69) is 27.6 Å². The molecule has 2 aromatic heterocycles. The summed E-state index contributed by atoms with van der Waals surface area (Å²) in [5.41, 5.74) is 6.89. The van der Waals surface area contributed by atoms with Gasteiger partial charge in [0.05, 0.1) is 11.4 Å². The van der Waals surface area contributed by atoms with Crippen LogP contribution in [0.15, 0.2) is 54.6 Å². The van der Waals surface area contributed by atoms with E-state index in [1.165, 1.54) is 6.07 Å². The zero-order chi connectivity index (χ0) is 22.9. The number of carbonyl (C=O) groups is 1. The van der Waals surface area contributed by atoms with Gasteiger partial charge in [0.15, 0.2) is 5.69 Å². The number of nitrogens with zero attached hydrogens (tertiary/aromatic N) is 4. The van der Waals surface area contributed by atoms with Crippen LogP contribution in [0.5, 0.6) is 0 Å². The standard InChI is InChI=1S/C26H26FN5O/c1-17-16-18(2)31(29-17)20-12-10-19(11-13-20)14-15-28-26(33)25-21-6-5-9-23(21)32(30-25)24-8-4-3-7-22(24)27/h3-4,7-8,10-13,16H,5-6,9,14-15H2,1-2H3,(H,28,33). The fraction of sp³-hybridized carbons (Fsp3) is 0.269. The van der Waals surface area contributed by atoms with E-state index in [1.54, 1.807) is 22.9 Å². The van der Waals surface area contributed by atoms with Crippen LogP contribution in [-0.2, 0) is 19.3 Å². The first-order valence-electron chi connectivity index (χ1n) is 11.3. The van der Waals surface area contributed by atoms with Crippen molar-refractivity contribution in [2.24, 2.45) is 0 Å². The predicted octanol–water partition coefficient (Wildman–Crippen LogP) is 4.28. The molecule has 2 aromatic carbocycles. The van der Waals surface area contributed by atoms with Crippen molar-refractivity contribution < 1.29 is 9.18 Å². The Hall–Kier alpha value is -3.74. The van der Waals surface area contributed by atoms with Crippen LogP contribution in [-0.4, -0.2) is 32.0 Å². The van der Waals surface area contributed by atoms with Crippen molar-refractivity contribution >= 4 is 5.91 Å². The quantitative estimate of drug-likeness (QED) is 0.484. The highest BCUT2D eigenvalue weighted by Gasteiger charge is 2.27. The molecule has 168 valence electrons. The van der Waals surface area contributed by atoms with E-state index in [0.717, 1.165) is 53.2 Å². The lowest BCUT2D eigenvalue weighted by Gasteiger charge is -2.08. The average molecular weight is 444 g/mol. The van der Waals surface area contributed by atoms with Crippen molar-refractivity contribution in [2.45, 2.75) is 39.5 Å². The van der Waals surface area contributed by atoms with Gasteiger partial charge in [0, 0.05) is 23.5 Å². The zero-order valence-corrected chi connectivity index (χ0v) is 18.8. The minimum absolute atomic E-state index is 0.206. The maximum atomic E-state index is 14.3. The van der Waals surface area contributed by atoms with Gasteiger partial charge in [-0.1, -0.05) is 24.3 Å². The highest BCUT2D eigenvalue weighted by atomic mass is 19.1. The number of hydrogen-bond acceptors (Lipinski definition) is 3. The Morgan fingerprint density at radius 3 is 2.55 bits per heavy atom. The second kappa shape index (κ2) is 8.65. The molecule has 1 amide bonds.